The topological polar surface area (TPSA) is 44.8 Å². The summed E-state index contributed by atoms with van der Waals surface area (Å²) < 4.78 is 5.18. The Balaban J connectivity index is 1.83. The molecule has 0 aromatic heterocycles. The summed E-state index contributed by atoms with van der Waals surface area (Å²) in [5.74, 6) is 0.865. The van der Waals surface area contributed by atoms with Crippen molar-refractivity contribution >= 4 is 11.7 Å². The minimum atomic E-state index is 0.0457. The number of benzene rings is 1. The average molecular weight is 305 g/mol. The molecular formula is C17H27N3O2. The van der Waals surface area contributed by atoms with Gasteiger partial charge >= 0.3 is 6.03 Å². The lowest BCUT2D eigenvalue weighted by molar-refractivity contribution is 0.189. The van der Waals surface area contributed by atoms with Gasteiger partial charge < -0.3 is 19.9 Å². The normalized spacial score (nSPS) is 15.6. The van der Waals surface area contributed by atoms with E-state index in [2.05, 4.69) is 43.1 Å². The second-order valence-electron chi connectivity index (χ2n) is 6.89. The Morgan fingerprint density at radius 3 is 2.23 bits per heavy atom. The van der Waals surface area contributed by atoms with Crippen LogP contribution in [0.4, 0.5) is 10.5 Å². The first-order valence-electron chi connectivity index (χ1n) is 7.81. The molecule has 2 amide bonds. The van der Waals surface area contributed by atoms with Gasteiger partial charge in [0.05, 0.1) is 7.11 Å². The molecule has 0 saturated carbocycles. The highest BCUT2D eigenvalue weighted by atomic mass is 16.5. The van der Waals surface area contributed by atoms with Crippen LogP contribution in [0.25, 0.3) is 0 Å². The molecule has 5 nitrogen and oxygen atoms in total. The van der Waals surface area contributed by atoms with Crippen LogP contribution in [0.1, 0.15) is 20.8 Å². The van der Waals surface area contributed by atoms with Crippen molar-refractivity contribution in [2.75, 3.05) is 44.7 Å². The molecule has 1 aliphatic heterocycles. The van der Waals surface area contributed by atoms with Crippen LogP contribution in [0.3, 0.4) is 0 Å². The fourth-order valence-electron chi connectivity index (χ4n) is 2.41. The van der Waals surface area contributed by atoms with E-state index in [1.807, 2.05) is 17.0 Å². The summed E-state index contributed by atoms with van der Waals surface area (Å²) >= 11 is 0. The minimum Gasteiger partial charge on any atom is -0.497 e. The first kappa shape index (κ1) is 16.5. The highest BCUT2D eigenvalue weighted by molar-refractivity contribution is 5.74. The molecule has 122 valence electrons. The number of anilines is 1. The van der Waals surface area contributed by atoms with E-state index in [9.17, 15) is 4.79 Å². The maximum Gasteiger partial charge on any atom is 0.317 e. The summed E-state index contributed by atoms with van der Waals surface area (Å²) in [7, 11) is 1.67. The van der Waals surface area contributed by atoms with Crippen LogP contribution in [0, 0.1) is 5.41 Å². The van der Waals surface area contributed by atoms with Gasteiger partial charge in [0.15, 0.2) is 0 Å². The van der Waals surface area contributed by atoms with Crippen molar-refractivity contribution in [2.45, 2.75) is 20.8 Å². The fraction of sp³-hybridized carbons (Fsp3) is 0.588. The zero-order chi connectivity index (χ0) is 16.2. The number of hydrogen-bond acceptors (Lipinski definition) is 3. The molecule has 0 bridgehead atoms. The number of hydrogen-bond donors (Lipinski definition) is 1. The van der Waals surface area contributed by atoms with Crippen molar-refractivity contribution < 1.29 is 9.53 Å². The minimum absolute atomic E-state index is 0.0457. The predicted molar refractivity (Wildman–Crippen MR) is 89.6 cm³/mol. The van der Waals surface area contributed by atoms with Crippen molar-refractivity contribution in [2.24, 2.45) is 5.41 Å². The molecule has 1 aromatic rings. The number of ether oxygens (including phenoxy) is 1. The second-order valence-corrected chi connectivity index (χ2v) is 6.89. The van der Waals surface area contributed by atoms with Gasteiger partial charge in [-0.15, -0.1) is 0 Å². The third-order valence-electron chi connectivity index (χ3n) is 3.77. The van der Waals surface area contributed by atoms with Crippen LogP contribution in [-0.4, -0.2) is 50.8 Å². The zero-order valence-electron chi connectivity index (χ0n) is 14.1. The van der Waals surface area contributed by atoms with Crippen LogP contribution < -0.4 is 15.0 Å². The van der Waals surface area contributed by atoms with Gasteiger partial charge in [-0.2, -0.15) is 0 Å². The number of carbonyl (C=O) groups excluding carboxylic acids is 1. The second kappa shape index (κ2) is 6.90. The van der Waals surface area contributed by atoms with E-state index in [1.165, 1.54) is 5.69 Å². The van der Waals surface area contributed by atoms with E-state index in [0.717, 1.165) is 31.9 Å². The summed E-state index contributed by atoms with van der Waals surface area (Å²) in [6.45, 7) is 10.3. The summed E-state index contributed by atoms with van der Waals surface area (Å²) in [5.41, 5.74) is 1.29. The molecule has 1 saturated heterocycles. The predicted octanol–water partition coefficient (Wildman–Crippen LogP) is 2.57. The Morgan fingerprint density at radius 2 is 1.73 bits per heavy atom. The van der Waals surface area contributed by atoms with E-state index >= 15 is 0 Å². The monoisotopic (exact) mass is 305 g/mol. The Hall–Kier alpha value is -1.91. The standard InChI is InChI=1S/C17H27N3O2/c1-17(2,3)13-18-16(21)20-11-9-19(10-12-20)14-5-7-15(22-4)8-6-14/h5-8H,9-13H2,1-4H3,(H,18,21). The third kappa shape index (κ3) is 4.55. The largest absolute Gasteiger partial charge is 0.497 e. The Bertz CT molecular complexity index is 486. The maximum atomic E-state index is 12.2. The molecule has 0 atom stereocenters. The highest BCUT2D eigenvalue weighted by Gasteiger charge is 2.22. The van der Waals surface area contributed by atoms with E-state index in [4.69, 9.17) is 4.74 Å². The Morgan fingerprint density at radius 1 is 1.14 bits per heavy atom. The molecular weight excluding hydrogens is 278 g/mol. The summed E-state index contributed by atoms with van der Waals surface area (Å²) in [5, 5.41) is 3.01. The van der Waals surface area contributed by atoms with Crippen LogP contribution in [0.2, 0.25) is 0 Å². The number of carbonyl (C=O) groups is 1. The molecule has 1 heterocycles. The molecule has 0 unspecified atom stereocenters. The summed E-state index contributed by atoms with van der Waals surface area (Å²) in [4.78, 5) is 16.3. The van der Waals surface area contributed by atoms with Crippen molar-refractivity contribution in [3.63, 3.8) is 0 Å². The quantitative estimate of drug-likeness (QED) is 0.933. The van der Waals surface area contributed by atoms with E-state index in [0.29, 0.717) is 6.54 Å². The lowest BCUT2D eigenvalue weighted by atomic mass is 9.97. The van der Waals surface area contributed by atoms with Crippen molar-refractivity contribution in [3.05, 3.63) is 24.3 Å². The molecule has 1 fully saturated rings. The molecule has 1 aromatic carbocycles. The molecule has 22 heavy (non-hydrogen) atoms. The van der Waals surface area contributed by atoms with Crippen LogP contribution >= 0.6 is 0 Å². The first-order valence-corrected chi connectivity index (χ1v) is 7.81. The number of nitrogens with one attached hydrogen (secondary N) is 1. The Kier molecular flexibility index (Phi) is 5.16. The summed E-state index contributed by atoms with van der Waals surface area (Å²) in [6, 6.07) is 8.11. The first-order chi connectivity index (χ1) is 10.4. The van der Waals surface area contributed by atoms with Crippen LogP contribution in [0.15, 0.2) is 24.3 Å². The highest BCUT2D eigenvalue weighted by Crippen LogP contribution is 2.20. The number of amides is 2. The maximum absolute atomic E-state index is 12.2. The zero-order valence-corrected chi connectivity index (χ0v) is 14.1. The molecule has 0 radical (unpaired) electrons. The molecule has 1 aliphatic rings. The lowest BCUT2D eigenvalue weighted by Gasteiger charge is -2.36. The van der Waals surface area contributed by atoms with Gasteiger partial charge in [0.25, 0.3) is 0 Å². The summed E-state index contributed by atoms with van der Waals surface area (Å²) in [6.07, 6.45) is 0. The van der Waals surface area contributed by atoms with Crippen molar-refractivity contribution in [1.82, 2.24) is 10.2 Å². The van der Waals surface area contributed by atoms with Gasteiger partial charge in [0, 0.05) is 38.4 Å². The Labute approximate surface area is 133 Å². The van der Waals surface area contributed by atoms with Gasteiger partial charge in [0.1, 0.15) is 5.75 Å². The lowest BCUT2D eigenvalue weighted by Crippen LogP contribution is -2.52. The number of piperazine rings is 1. The molecule has 1 N–H and O–H groups in total. The smallest absolute Gasteiger partial charge is 0.317 e. The van der Waals surface area contributed by atoms with Gasteiger partial charge in [-0.25, -0.2) is 4.79 Å². The van der Waals surface area contributed by atoms with E-state index < -0.39 is 0 Å². The number of methoxy groups -OCH3 is 1. The molecule has 0 spiro atoms. The van der Waals surface area contributed by atoms with E-state index in [-0.39, 0.29) is 11.4 Å². The molecule has 5 heteroatoms. The molecule has 0 aliphatic carbocycles. The van der Waals surface area contributed by atoms with Gasteiger partial charge in [0.2, 0.25) is 0 Å². The number of nitrogens with zero attached hydrogens (tertiary/aromatic N) is 2. The van der Waals surface area contributed by atoms with Gasteiger partial charge in [-0.1, -0.05) is 20.8 Å². The third-order valence-corrected chi connectivity index (χ3v) is 3.77. The van der Waals surface area contributed by atoms with Crippen LogP contribution in [0.5, 0.6) is 5.75 Å². The number of urea groups is 1. The van der Waals surface area contributed by atoms with Gasteiger partial charge in [-0.3, -0.25) is 0 Å². The van der Waals surface area contributed by atoms with Crippen molar-refractivity contribution in [3.8, 4) is 5.75 Å². The average Bonchev–Trinajstić information content (AvgIpc) is 2.52. The fourth-order valence-corrected chi connectivity index (χ4v) is 2.41. The number of rotatable bonds is 3. The SMILES string of the molecule is COc1ccc(N2CCN(C(=O)NCC(C)(C)C)CC2)cc1. The van der Waals surface area contributed by atoms with Crippen LogP contribution in [-0.2, 0) is 0 Å². The van der Waals surface area contributed by atoms with Gasteiger partial charge in [-0.05, 0) is 29.7 Å². The van der Waals surface area contributed by atoms with E-state index in [1.54, 1.807) is 7.11 Å². The molecule has 2 rings (SSSR count). The van der Waals surface area contributed by atoms with Crippen molar-refractivity contribution in [1.29, 1.82) is 0 Å².